The molecule has 1 heterocycles. The van der Waals surface area contributed by atoms with Gasteiger partial charge in [0.2, 0.25) is 5.91 Å². The molecule has 0 spiro atoms. The lowest BCUT2D eigenvalue weighted by molar-refractivity contribution is -0.133. The van der Waals surface area contributed by atoms with Gasteiger partial charge in [0.1, 0.15) is 0 Å². The van der Waals surface area contributed by atoms with Gasteiger partial charge in [-0.25, -0.2) is 4.79 Å². The van der Waals surface area contributed by atoms with Gasteiger partial charge in [-0.3, -0.25) is 9.59 Å². The number of carbonyl (C=O) groups excluding carboxylic acids is 3. The molecule has 0 aromatic heterocycles. The van der Waals surface area contributed by atoms with E-state index in [2.05, 4.69) is 6.07 Å². The lowest BCUT2D eigenvalue weighted by atomic mass is 10.1. The Labute approximate surface area is 171 Å². The van der Waals surface area contributed by atoms with E-state index in [1.54, 1.807) is 41.1 Å². The van der Waals surface area contributed by atoms with Crippen molar-refractivity contribution in [2.75, 3.05) is 25.1 Å². The molecule has 0 saturated carbocycles. The zero-order valence-electron chi connectivity index (χ0n) is 17.1. The highest BCUT2D eigenvalue weighted by molar-refractivity contribution is 5.96. The van der Waals surface area contributed by atoms with E-state index in [4.69, 9.17) is 4.74 Å². The lowest BCUT2D eigenvalue weighted by Gasteiger charge is -2.19. The Hall–Kier alpha value is -3.15. The highest BCUT2D eigenvalue weighted by Crippen LogP contribution is 2.21. The molecular formula is C23H26N2O4. The van der Waals surface area contributed by atoms with E-state index in [-0.39, 0.29) is 18.4 Å². The summed E-state index contributed by atoms with van der Waals surface area (Å²) in [5, 5.41) is 0. The fourth-order valence-electron chi connectivity index (χ4n) is 3.39. The Bertz CT molecular complexity index is 921. The zero-order chi connectivity index (χ0) is 21.0. The van der Waals surface area contributed by atoms with Crippen LogP contribution in [0.4, 0.5) is 5.69 Å². The topological polar surface area (TPSA) is 66.9 Å². The maximum absolute atomic E-state index is 12.3. The second kappa shape index (κ2) is 8.90. The Morgan fingerprint density at radius 1 is 1.10 bits per heavy atom. The van der Waals surface area contributed by atoms with Crippen molar-refractivity contribution in [2.24, 2.45) is 0 Å². The third-order valence-corrected chi connectivity index (χ3v) is 5.15. The molecular weight excluding hydrogens is 368 g/mol. The zero-order valence-corrected chi connectivity index (χ0v) is 17.1. The number of aryl methyl sites for hydroxylation is 2. The molecule has 0 radical (unpaired) electrons. The third kappa shape index (κ3) is 5.02. The van der Waals surface area contributed by atoms with Crippen LogP contribution in [0.2, 0.25) is 0 Å². The first kappa shape index (κ1) is 20.6. The average Bonchev–Trinajstić information content (AvgIpc) is 3.14. The van der Waals surface area contributed by atoms with E-state index < -0.39 is 5.97 Å². The number of rotatable bonds is 6. The quantitative estimate of drug-likeness (QED) is 0.706. The summed E-state index contributed by atoms with van der Waals surface area (Å²) < 4.78 is 5.17. The number of ether oxygens (including phenoxy) is 1. The van der Waals surface area contributed by atoms with E-state index in [1.807, 2.05) is 26.0 Å². The van der Waals surface area contributed by atoms with Gasteiger partial charge < -0.3 is 14.5 Å². The number of nitrogens with zero attached hydrogens (tertiary/aromatic N) is 2. The van der Waals surface area contributed by atoms with Crippen LogP contribution in [-0.4, -0.2) is 42.9 Å². The maximum Gasteiger partial charge on any atom is 0.338 e. The third-order valence-electron chi connectivity index (χ3n) is 5.15. The first-order valence-corrected chi connectivity index (χ1v) is 9.73. The van der Waals surface area contributed by atoms with Gasteiger partial charge in [-0.15, -0.1) is 0 Å². The molecule has 0 unspecified atom stereocenters. The van der Waals surface area contributed by atoms with Gasteiger partial charge >= 0.3 is 5.97 Å². The average molecular weight is 394 g/mol. The summed E-state index contributed by atoms with van der Waals surface area (Å²) in [5.41, 5.74) is 4.48. The predicted octanol–water partition coefficient (Wildman–Crippen LogP) is 3.25. The Kier molecular flexibility index (Phi) is 6.32. The molecule has 6 nitrogen and oxygen atoms in total. The fraction of sp³-hybridized carbons (Fsp3) is 0.348. The molecule has 0 aliphatic carbocycles. The van der Waals surface area contributed by atoms with Crippen LogP contribution in [0.1, 0.15) is 39.9 Å². The Morgan fingerprint density at radius 3 is 2.45 bits per heavy atom. The molecule has 1 aliphatic heterocycles. The molecule has 152 valence electrons. The van der Waals surface area contributed by atoms with Crippen molar-refractivity contribution in [3.8, 4) is 0 Å². The summed E-state index contributed by atoms with van der Waals surface area (Å²) in [6.45, 7) is 4.89. The molecule has 6 heteroatoms. The summed E-state index contributed by atoms with van der Waals surface area (Å²) in [6, 6.07) is 12.8. The second-order valence-electron chi connectivity index (χ2n) is 7.45. The number of amides is 2. The van der Waals surface area contributed by atoms with Crippen molar-refractivity contribution < 1.29 is 19.1 Å². The predicted molar refractivity (Wildman–Crippen MR) is 111 cm³/mol. The normalized spacial score (nSPS) is 13.5. The summed E-state index contributed by atoms with van der Waals surface area (Å²) in [7, 11) is 1.69. The number of esters is 1. The molecule has 29 heavy (non-hydrogen) atoms. The first-order chi connectivity index (χ1) is 13.8. The van der Waals surface area contributed by atoms with Crippen molar-refractivity contribution in [2.45, 2.75) is 33.2 Å². The van der Waals surface area contributed by atoms with Crippen molar-refractivity contribution in [3.63, 3.8) is 0 Å². The minimum Gasteiger partial charge on any atom is -0.452 e. The molecule has 1 fully saturated rings. The van der Waals surface area contributed by atoms with Crippen molar-refractivity contribution in [1.82, 2.24) is 4.90 Å². The van der Waals surface area contributed by atoms with E-state index >= 15 is 0 Å². The molecule has 3 rings (SSSR count). The first-order valence-electron chi connectivity index (χ1n) is 9.73. The van der Waals surface area contributed by atoms with Crippen molar-refractivity contribution >= 4 is 23.5 Å². The summed E-state index contributed by atoms with van der Waals surface area (Å²) >= 11 is 0. The van der Waals surface area contributed by atoms with Crippen molar-refractivity contribution in [3.05, 3.63) is 64.7 Å². The smallest absolute Gasteiger partial charge is 0.338 e. The molecule has 0 atom stereocenters. The van der Waals surface area contributed by atoms with Crippen LogP contribution in [0.15, 0.2) is 42.5 Å². The number of carbonyl (C=O) groups is 3. The standard InChI is InChI=1S/C23H26N2O4/c1-16-6-7-19(17(2)13-16)14-24(3)22(27)15-29-23(28)18-8-10-20(11-9-18)25-12-4-5-21(25)26/h6-11,13H,4-5,12,14-15H2,1-3H3. The monoisotopic (exact) mass is 394 g/mol. The highest BCUT2D eigenvalue weighted by Gasteiger charge is 2.22. The van der Waals surface area contributed by atoms with Crippen molar-refractivity contribution in [1.29, 1.82) is 0 Å². The number of likely N-dealkylation sites (N-methyl/N-ethyl adjacent to an activating group) is 1. The molecule has 1 saturated heterocycles. The van der Waals surface area contributed by atoms with Gasteiger partial charge in [0.25, 0.3) is 5.91 Å². The molecule has 2 aromatic carbocycles. The minimum absolute atomic E-state index is 0.0952. The lowest BCUT2D eigenvalue weighted by Crippen LogP contribution is -2.31. The van der Waals surface area contributed by atoms with E-state index in [0.29, 0.717) is 25.1 Å². The van der Waals surface area contributed by atoms with Gasteiger partial charge in [-0.2, -0.15) is 0 Å². The number of benzene rings is 2. The number of hydrogen-bond acceptors (Lipinski definition) is 4. The molecule has 1 aliphatic rings. The molecule has 2 aromatic rings. The summed E-state index contributed by atoms with van der Waals surface area (Å²) in [4.78, 5) is 39.6. The van der Waals surface area contributed by atoms with Gasteiger partial charge in [-0.1, -0.05) is 23.8 Å². The molecule has 0 bridgehead atoms. The number of anilines is 1. The summed E-state index contributed by atoms with van der Waals surface area (Å²) in [5.74, 6) is -0.729. The second-order valence-corrected chi connectivity index (χ2v) is 7.45. The van der Waals surface area contributed by atoms with E-state index in [0.717, 1.165) is 23.2 Å². The van der Waals surface area contributed by atoms with Crippen LogP contribution in [0.3, 0.4) is 0 Å². The Morgan fingerprint density at radius 2 is 1.83 bits per heavy atom. The number of hydrogen-bond donors (Lipinski definition) is 0. The fourth-order valence-corrected chi connectivity index (χ4v) is 3.39. The van der Waals surface area contributed by atoms with Crippen LogP contribution < -0.4 is 4.90 Å². The molecule has 2 amide bonds. The van der Waals surface area contributed by atoms with Crippen LogP contribution >= 0.6 is 0 Å². The van der Waals surface area contributed by atoms with E-state index in [1.165, 1.54) is 5.56 Å². The van der Waals surface area contributed by atoms with Gasteiger partial charge in [0.15, 0.2) is 6.61 Å². The summed E-state index contributed by atoms with van der Waals surface area (Å²) in [6.07, 6.45) is 1.40. The highest BCUT2D eigenvalue weighted by atomic mass is 16.5. The minimum atomic E-state index is -0.558. The largest absolute Gasteiger partial charge is 0.452 e. The van der Waals surface area contributed by atoms with Gasteiger partial charge in [0.05, 0.1) is 5.56 Å². The molecule has 0 N–H and O–H groups in total. The van der Waals surface area contributed by atoms with Gasteiger partial charge in [-0.05, 0) is 55.7 Å². The van der Waals surface area contributed by atoms with Crippen LogP contribution in [0.5, 0.6) is 0 Å². The van der Waals surface area contributed by atoms with Gasteiger partial charge in [0, 0.05) is 32.2 Å². The van der Waals surface area contributed by atoms with Crippen LogP contribution in [0.25, 0.3) is 0 Å². The SMILES string of the molecule is Cc1ccc(CN(C)C(=O)COC(=O)c2ccc(N3CCCC3=O)cc2)c(C)c1. The van der Waals surface area contributed by atoms with E-state index in [9.17, 15) is 14.4 Å². The van der Waals surface area contributed by atoms with Crippen LogP contribution in [-0.2, 0) is 20.9 Å². The Balaban J connectivity index is 1.52. The van der Waals surface area contributed by atoms with Crippen LogP contribution in [0, 0.1) is 13.8 Å². The maximum atomic E-state index is 12.3.